The molecule has 1 heterocycles. The van der Waals surface area contributed by atoms with E-state index >= 15 is 0 Å². The Morgan fingerprint density at radius 3 is 2.36 bits per heavy atom. The van der Waals surface area contributed by atoms with Crippen LogP contribution in [0, 0.1) is 6.67 Å². The van der Waals surface area contributed by atoms with Crippen molar-refractivity contribution in [2.45, 2.75) is 0 Å². The average Bonchev–Trinajstić information content (AvgIpc) is 2.05. The first kappa shape index (κ1) is 8.46. The van der Waals surface area contributed by atoms with E-state index in [9.17, 15) is 9.18 Å². The summed E-state index contributed by atoms with van der Waals surface area (Å²) in [5, 5.41) is 0. The summed E-state index contributed by atoms with van der Waals surface area (Å²) in [6, 6.07) is 0. The molecule has 0 N–H and O–H groups in total. The minimum absolute atomic E-state index is 0.130. The second kappa shape index (κ2) is 3.67. The van der Waals surface area contributed by atoms with Crippen molar-refractivity contribution in [2.75, 3.05) is 33.2 Å². The number of piperazine rings is 1. The first-order valence-electron chi connectivity index (χ1n) is 3.65. The fraction of sp³-hybridized carbons (Fsp3) is 0.714. The number of carbonyl (C=O) groups is 1. The summed E-state index contributed by atoms with van der Waals surface area (Å²) in [5.41, 5.74) is 0. The van der Waals surface area contributed by atoms with Gasteiger partial charge in [-0.05, 0) is 7.05 Å². The predicted molar refractivity (Wildman–Crippen MR) is 39.5 cm³/mol. The Kier molecular flexibility index (Phi) is 2.82. The van der Waals surface area contributed by atoms with E-state index < -0.39 is 5.91 Å². The molecule has 11 heavy (non-hydrogen) atoms. The maximum absolute atomic E-state index is 11.7. The normalized spacial score (nSPS) is 20.4. The summed E-state index contributed by atoms with van der Waals surface area (Å²) >= 11 is 0. The number of carbonyl (C=O) groups excluding carboxylic acids is 1. The number of likely N-dealkylation sites (N-methyl/N-ethyl adjacent to an activating group) is 1. The number of hydrogen-bond acceptors (Lipinski definition) is 2. The van der Waals surface area contributed by atoms with Crippen LogP contribution in [0.5, 0.6) is 0 Å². The monoisotopic (exact) mass is 159 g/mol. The largest absolute Gasteiger partial charge is 0.337 e. The zero-order valence-electron chi connectivity index (χ0n) is 6.59. The highest BCUT2D eigenvalue weighted by molar-refractivity contribution is 5.83. The van der Waals surface area contributed by atoms with Gasteiger partial charge >= 0.3 is 0 Å². The summed E-state index contributed by atoms with van der Waals surface area (Å²) in [5.74, 6) is -0.502. The van der Waals surface area contributed by atoms with E-state index in [1.807, 2.05) is 7.05 Å². The molecule has 0 atom stereocenters. The number of rotatable bonds is 1. The molecule has 0 aromatic carbocycles. The smallest absolute Gasteiger partial charge is 0.260 e. The van der Waals surface area contributed by atoms with Crippen LogP contribution in [0.4, 0.5) is 4.39 Å². The molecule has 1 radical (unpaired) electrons. The Bertz CT molecular complexity index is 143. The molecule has 0 aromatic heterocycles. The van der Waals surface area contributed by atoms with Gasteiger partial charge in [0.2, 0.25) is 6.67 Å². The Morgan fingerprint density at radius 1 is 1.36 bits per heavy atom. The van der Waals surface area contributed by atoms with E-state index in [1.165, 1.54) is 4.90 Å². The van der Waals surface area contributed by atoms with Crippen molar-refractivity contribution in [3.63, 3.8) is 0 Å². The molecular weight excluding hydrogens is 147 g/mol. The first-order chi connectivity index (χ1) is 5.24. The molecule has 1 aliphatic heterocycles. The highest BCUT2D eigenvalue weighted by Crippen LogP contribution is 2.00. The Morgan fingerprint density at radius 2 is 1.91 bits per heavy atom. The van der Waals surface area contributed by atoms with Crippen LogP contribution in [0.15, 0.2) is 0 Å². The minimum atomic E-state index is -0.502. The van der Waals surface area contributed by atoms with Gasteiger partial charge in [0, 0.05) is 26.2 Å². The summed E-state index contributed by atoms with van der Waals surface area (Å²) in [4.78, 5) is 14.4. The molecule has 0 saturated carbocycles. The molecule has 3 nitrogen and oxygen atoms in total. The zero-order valence-corrected chi connectivity index (χ0v) is 6.59. The van der Waals surface area contributed by atoms with Gasteiger partial charge in [-0.3, -0.25) is 4.79 Å². The molecule has 1 rings (SSSR count). The molecule has 0 aromatic rings. The zero-order chi connectivity index (χ0) is 8.27. The maximum Gasteiger partial charge on any atom is 0.260 e. The van der Waals surface area contributed by atoms with Gasteiger partial charge in [0.05, 0.1) is 0 Å². The minimum Gasteiger partial charge on any atom is -0.337 e. The number of halogens is 1. The van der Waals surface area contributed by atoms with Crippen molar-refractivity contribution < 1.29 is 9.18 Å². The number of hydrogen-bond donors (Lipinski definition) is 0. The van der Waals surface area contributed by atoms with Crippen molar-refractivity contribution in [2.24, 2.45) is 0 Å². The summed E-state index contributed by atoms with van der Waals surface area (Å²) in [6.07, 6.45) is 0. The van der Waals surface area contributed by atoms with Crippen LogP contribution < -0.4 is 0 Å². The first-order valence-corrected chi connectivity index (χ1v) is 3.65. The van der Waals surface area contributed by atoms with Crippen LogP contribution in [0.1, 0.15) is 0 Å². The SMILES string of the molecule is CN1CCN(C(=O)[CH]F)CC1. The van der Waals surface area contributed by atoms with Gasteiger partial charge in [0.1, 0.15) is 0 Å². The van der Waals surface area contributed by atoms with Crippen LogP contribution in [0.3, 0.4) is 0 Å². The second-order valence-electron chi connectivity index (χ2n) is 2.74. The fourth-order valence-electron chi connectivity index (χ4n) is 1.10. The van der Waals surface area contributed by atoms with Crippen molar-refractivity contribution in [1.29, 1.82) is 0 Å². The third-order valence-electron chi connectivity index (χ3n) is 1.91. The van der Waals surface area contributed by atoms with Gasteiger partial charge in [-0.2, -0.15) is 0 Å². The highest BCUT2D eigenvalue weighted by atomic mass is 19.1. The van der Waals surface area contributed by atoms with Gasteiger partial charge in [-0.15, -0.1) is 0 Å². The highest BCUT2D eigenvalue weighted by Gasteiger charge is 2.18. The van der Waals surface area contributed by atoms with E-state index in [0.717, 1.165) is 13.1 Å². The summed E-state index contributed by atoms with van der Waals surface area (Å²) < 4.78 is 11.7. The molecule has 1 fully saturated rings. The van der Waals surface area contributed by atoms with Gasteiger partial charge in [-0.25, -0.2) is 4.39 Å². The second-order valence-corrected chi connectivity index (χ2v) is 2.74. The fourth-order valence-corrected chi connectivity index (χ4v) is 1.10. The Hall–Kier alpha value is -0.640. The van der Waals surface area contributed by atoms with E-state index in [2.05, 4.69) is 4.90 Å². The topological polar surface area (TPSA) is 23.6 Å². The van der Waals surface area contributed by atoms with Gasteiger partial charge in [-0.1, -0.05) is 0 Å². The molecule has 1 amide bonds. The summed E-state index contributed by atoms with van der Waals surface area (Å²) in [7, 11) is 1.99. The molecule has 0 aliphatic carbocycles. The van der Waals surface area contributed by atoms with E-state index in [-0.39, 0.29) is 6.67 Å². The molecule has 0 unspecified atom stereocenters. The Labute approximate surface area is 65.8 Å². The molecular formula is C7H12FN2O. The molecule has 4 heteroatoms. The average molecular weight is 159 g/mol. The van der Waals surface area contributed by atoms with Gasteiger partial charge in [0.25, 0.3) is 5.91 Å². The maximum atomic E-state index is 11.7. The number of amides is 1. The van der Waals surface area contributed by atoms with Crippen molar-refractivity contribution in [1.82, 2.24) is 9.80 Å². The molecule has 1 saturated heterocycles. The predicted octanol–water partition coefficient (Wildman–Crippen LogP) is -0.108. The van der Waals surface area contributed by atoms with E-state index in [0.29, 0.717) is 13.1 Å². The van der Waals surface area contributed by atoms with Crippen molar-refractivity contribution in [3.8, 4) is 0 Å². The van der Waals surface area contributed by atoms with Gasteiger partial charge < -0.3 is 9.80 Å². The van der Waals surface area contributed by atoms with Crippen molar-refractivity contribution >= 4 is 5.91 Å². The molecule has 0 bridgehead atoms. The van der Waals surface area contributed by atoms with E-state index in [1.54, 1.807) is 0 Å². The molecule has 63 valence electrons. The van der Waals surface area contributed by atoms with Crippen LogP contribution in [0.2, 0.25) is 0 Å². The lowest BCUT2D eigenvalue weighted by atomic mass is 10.3. The van der Waals surface area contributed by atoms with Gasteiger partial charge in [0.15, 0.2) is 0 Å². The van der Waals surface area contributed by atoms with Crippen LogP contribution in [-0.4, -0.2) is 48.9 Å². The van der Waals surface area contributed by atoms with Crippen LogP contribution >= 0.6 is 0 Å². The third-order valence-corrected chi connectivity index (χ3v) is 1.91. The lowest BCUT2D eigenvalue weighted by molar-refractivity contribution is -0.130. The van der Waals surface area contributed by atoms with Crippen LogP contribution in [-0.2, 0) is 4.79 Å². The van der Waals surface area contributed by atoms with E-state index in [4.69, 9.17) is 0 Å². The summed E-state index contributed by atoms with van der Waals surface area (Å²) in [6.45, 7) is 3.07. The standard InChI is InChI=1S/C7H12FN2O/c1-9-2-4-10(5-3-9)7(11)6-8/h6H,2-5H2,1H3. The third kappa shape index (κ3) is 2.15. The lowest BCUT2D eigenvalue weighted by Gasteiger charge is -2.31. The Balaban J connectivity index is 2.33. The molecule has 0 spiro atoms. The van der Waals surface area contributed by atoms with Crippen molar-refractivity contribution in [3.05, 3.63) is 6.67 Å². The lowest BCUT2D eigenvalue weighted by Crippen LogP contribution is -2.46. The number of nitrogens with zero attached hydrogens (tertiary/aromatic N) is 2. The van der Waals surface area contributed by atoms with Crippen LogP contribution in [0.25, 0.3) is 0 Å². The molecule has 1 aliphatic rings. The quantitative estimate of drug-likeness (QED) is 0.533.